The Kier molecular flexibility index (Phi) is 26.1. The van der Waals surface area contributed by atoms with Crippen LogP contribution in [0, 0.1) is 0 Å². The molecule has 3 atom stereocenters. The average Bonchev–Trinajstić information content (AvgIpc) is 1.44. The Morgan fingerprint density at radius 2 is 0.847 bits per heavy atom. The van der Waals surface area contributed by atoms with Crippen molar-refractivity contribution in [3.8, 4) is 67.5 Å². The number of fused-ring (bicyclic) bond motifs is 3. The predicted molar refractivity (Wildman–Crippen MR) is 488 cm³/mol. The molecule has 22 rings (SSSR count). The Bertz CT molecular complexity index is 5950. The predicted octanol–water partition coefficient (Wildman–Crippen LogP) is 15.5. The van der Waals surface area contributed by atoms with E-state index in [0.717, 1.165) is 188 Å². The monoisotopic (exact) mass is 1790 g/mol. The lowest BCUT2D eigenvalue weighted by Crippen LogP contribution is -2.46. The van der Waals surface area contributed by atoms with Crippen LogP contribution in [0.1, 0.15) is 74.1 Å². The quantitative estimate of drug-likeness (QED) is 0.0456. The van der Waals surface area contributed by atoms with E-state index in [1.54, 1.807) is 30.9 Å². The second kappa shape index (κ2) is 37.7. The zero-order valence-electron chi connectivity index (χ0n) is 70.0. The maximum atomic E-state index is 6.25. The van der Waals surface area contributed by atoms with E-state index in [1.165, 1.54) is 12.8 Å². The number of pyridine rings is 3. The SMILES string of the molecule is Brc1cccc(-c2ccn[nH]2)c1.C1COC2(CC2)CN1.CC1(C)OB(c2cccc(-c3ccn[nH]3)c2)OC1(C)C.C[C@H]1COCCN1c1nc(Cl)nc2nc(-c3cccc(-c4ccn[nH]4)c3)ccc12.C[C@H]1COCCN1c1nc(Cl)nc2nc(Cl)ccc12.C[C@H]1COCCN1c1nc(N2CCOC3(CC3)C2)nc2nc(-c3cccc(-c4ccn[nH]4)c3)ccc12. The van der Waals surface area contributed by atoms with Gasteiger partial charge >= 0.3 is 7.12 Å². The van der Waals surface area contributed by atoms with Gasteiger partial charge in [-0.25, -0.2) is 15.0 Å². The zero-order valence-corrected chi connectivity index (χ0v) is 73.9. The number of H-pyrrole nitrogens is 4. The standard InChI is InChI=1S/C27H29N7O2.C21H19ClN6O.C15H19BN2O2.C12H12Cl2N4O.C9H7BrN2.C6H11NO/c1-18-16-35-13-12-34(18)25-21-5-6-22(19-3-2-4-20(15-19)23-7-10-28-32-23)29-24(21)30-26(31-25)33-11-14-36-27(17-33)8-9-27;1-13-12-29-10-9-28(13)20-16-5-6-17(24-19(16)25-21(22)26-20)14-3-2-4-15(11-14)18-7-8-23-27-18;1-14(2)15(3,4)20-16(19-14)12-7-5-6-11(10-12)13-8-9-17-18-13;1-7-6-19-5-4-18(7)11-8-2-3-9(13)15-10(8)16-12(14)17-11;10-8-3-1-2-7(6-8)9-4-5-11-12-9;1-2-6(1)5-7-3-4-8-6/h2-7,10,15,18H,8-9,11-14,16-17H2,1H3,(H,28,32);2-8,11,13H,9-10,12H2,1H3,(H,23,27);5-10H,1-4H3,(H,17,18);2-3,7H,4-6H2,1H3;1-6H,(H,11,12);7H,1-5H2/t18-;13-;;7-;;/m00.0../s1. The van der Waals surface area contributed by atoms with Crippen molar-refractivity contribution in [1.82, 2.24) is 91.0 Å². The summed E-state index contributed by atoms with van der Waals surface area (Å²) in [6.45, 7) is 26.4. The molecule has 2 spiro atoms. The molecule has 6 saturated heterocycles. The number of aromatic nitrogens is 17. The molecule has 14 aromatic rings. The number of benzene rings is 4. The van der Waals surface area contributed by atoms with Crippen LogP contribution in [-0.4, -0.2) is 232 Å². The first kappa shape index (κ1) is 85.6. The molecule has 0 unspecified atom stereocenters. The number of ether oxygens (including phenoxy) is 5. The highest BCUT2D eigenvalue weighted by atomic mass is 79.9. The van der Waals surface area contributed by atoms with Gasteiger partial charge < -0.3 is 57.9 Å². The van der Waals surface area contributed by atoms with Gasteiger partial charge in [-0.05, 0) is 193 Å². The third-order valence-corrected chi connectivity index (χ3v) is 24.6. The van der Waals surface area contributed by atoms with Gasteiger partial charge in [0, 0.05) is 103 Å². The molecule has 6 aliphatic heterocycles. The van der Waals surface area contributed by atoms with Gasteiger partial charge in [-0.2, -0.15) is 50.3 Å². The normalized spacial score (nSPS) is 19.6. The van der Waals surface area contributed by atoms with Crippen molar-refractivity contribution >= 4 is 120 Å². The van der Waals surface area contributed by atoms with E-state index >= 15 is 0 Å². The van der Waals surface area contributed by atoms with Gasteiger partial charge in [-0.1, -0.05) is 100 Å². The van der Waals surface area contributed by atoms with E-state index in [1.807, 2.05) is 109 Å². The molecule has 8 aliphatic rings. The molecule has 34 heteroatoms. The Morgan fingerprint density at radius 3 is 1.29 bits per heavy atom. The number of anilines is 4. The van der Waals surface area contributed by atoms with E-state index in [-0.39, 0.29) is 52.6 Å². The first-order valence-corrected chi connectivity index (χ1v) is 43.8. The smallest absolute Gasteiger partial charge is 0.399 e. The van der Waals surface area contributed by atoms with Crippen molar-refractivity contribution in [2.45, 2.75) is 115 Å². The van der Waals surface area contributed by atoms with Gasteiger partial charge in [0.05, 0.1) is 144 Å². The van der Waals surface area contributed by atoms with Crippen LogP contribution in [0.2, 0.25) is 15.7 Å². The highest BCUT2D eigenvalue weighted by molar-refractivity contribution is 9.10. The van der Waals surface area contributed by atoms with Crippen LogP contribution >= 0.6 is 50.7 Å². The van der Waals surface area contributed by atoms with Crippen LogP contribution in [0.15, 0.2) is 187 Å². The van der Waals surface area contributed by atoms with E-state index < -0.39 is 0 Å². The van der Waals surface area contributed by atoms with Gasteiger partial charge in [-0.15, -0.1) is 0 Å². The lowest BCUT2D eigenvalue weighted by molar-refractivity contribution is 0.00578. The average molecular weight is 1800 g/mol. The number of morpholine rings is 5. The summed E-state index contributed by atoms with van der Waals surface area (Å²) in [5.41, 5.74) is 14.6. The van der Waals surface area contributed by atoms with Crippen molar-refractivity contribution in [3.63, 3.8) is 0 Å². The number of nitrogens with one attached hydrogen (secondary N) is 5. The summed E-state index contributed by atoms with van der Waals surface area (Å²) in [6, 6.07) is 53.0. The first-order valence-electron chi connectivity index (χ1n) is 41.9. The van der Waals surface area contributed by atoms with Crippen LogP contribution < -0.4 is 30.4 Å². The molecule has 4 aromatic carbocycles. The molecular weight excluding hydrogens is 1700 g/mol. The number of rotatable bonds is 11. The Hall–Kier alpha value is -10.5. The maximum absolute atomic E-state index is 6.25. The summed E-state index contributed by atoms with van der Waals surface area (Å²) in [5, 5.41) is 34.7. The minimum Gasteiger partial charge on any atom is -0.399 e. The van der Waals surface area contributed by atoms with Crippen LogP contribution in [0.4, 0.5) is 23.4 Å². The molecule has 124 heavy (non-hydrogen) atoms. The molecule has 5 N–H and O–H groups in total. The van der Waals surface area contributed by atoms with Gasteiger partial charge in [-0.3, -0.25) is 20.4 Å². The van der Waals surface area contributed by atoms with Gasteiger partial charge in [0.1, 0.15) is 22.6 Å². The number of nitrogens with zero attached hydrogens (tertiary/aromatic N) is 17. The molecule has 0 bridgehead atoms. The summed E-state index contributed by atoms with van der Waals surface area (Å²) >= 11 is 21.5. The molecule has 10 aromatic heterocycles. The largest absolute Gasteiger partial charge is 0.494 e. The van der Waals surface area contributed by atoms with Crippen molar-refractivity contribution < 1.29 is 33.0 Å². The zero-order chi connectivity index (χ0) is 85.5. The summed E-state index contributed by atoms with van der Waals surface area (Å²) in [6.07, 6.45) is 11.8. The minimum absolute atomic E-state index is 0.00856. The van der Waals surface area contributed by atoms with E-state index in [9.17, 15) is 0 Å². The highest BCUT2D eigenvalue weighted by Crippen LogP contribution is 2.44. The summed E-state index contributed by atoms with van der Waals surface area (Å²) in [4.78, 5) is 50.5. The molecule has 2 aliphatic carbocycles. The fourth-order valence-electron chi connectivity index (χ4n) is 15.6. The molecule has 8 fully saturated rings. The number of halogens is 4. The summed E-state index contributed by atoms with van der Waals surface area (Å²) in [7, 11) is -0.331. The number of hydrogen-bond donors (Lipinski definition) is 5. The Labute approximate surface area is 742 Å². The van der Waals surface area contributed by atoms with Crippen molar-refractivity contribution in [2.75, 3.05) is 118 Å². The molecular formula is C90H97BBrCl3N22O7. The second-order valence-electron chi connectivity index (χ2n) is 32.9. The number of hydrogen-bond acceptors (Lipinski definition) is 25. The van der Waals surface area contributed by atoms with E-state index in [0.29, 0.717) is 68.3 Å². The van der Waals surface area contributed by atoms with Crippen LogP contribution in [0.3, 0.4) is 0 Å². The molecule has 16 heterocycles. The Morgan fingerprint density at radius 1 is 0.419 bits per heavy atom. The van der Waals surface area contributed by atoms with Crippen molar-refractivity contribution in [3.05, 3.63) is 203 Å². The van der Waals surface area contributed by atoms with E-state index in [2.05, 4.69) is 197 Å². The fourth-order valence-corrected chi connectivity index (χ4v) is 16.5. The lowest BCUT2D eigenvalue weighted by Gasteiger charge is -2.36. The van der Waals surface area contributed by atoms with Crippen LogP contribution in [-0.2, 0) is 33.0 Å². The van der Waals surface area contributed by atoms with Crippen LogP contribution in [0.25, 0.3) is 101 Å². The third kappa shape index (κ3) is 20.1. The fraction of sp³-hybridized carbons (Fsp3) is 0.367. The second-order valence-corrected chi connectivity index (χ2v) is 34.9. The van der Waals surface area contributed by atoms with Crippen molar-refractivity contribution in [1.29, 1.82) is 0 Å². The summed E-state index contributed by atoms with van der Waals surface area (Å²) < 4.78 is 41.5. The highest BCUT2D eigenvalue weighted by Gasteiger charge is 2.52. The van der Waals surface area contributed by atoms with Crippen LogP contribution in [0.5, 0.6) is 0 Å². The van der Waals surface area contributed by atoms with Gasteiger partial charge in [0.25, 0.3) is 0 Å². The van der Waals surface area contributed by atoms with Crippen molar-refractivity contribution in [2.24, 2.45) is 0 Å². The Balaban J connectivity index is 0.000000111. The lowest BCUT2D eigenvalue weighted by atomic mass is 9.78. The van der Waals surface area contributed by atoms with Gasteiger partial charge in [0.2, 0.25) is 16.5 Å². The number of aromatic amines is 4. The van der Waals surface area contributed by atoms with Gasteiger partial charge in [0.15, 0.2) is 16.9 Å². The molecule has 29 nitrogen and oxygen atoms in total. The molecule has 0 amide bonds. The molecule has 2 saturated carbocycles. The molecule has 640 valence electrons. The molecule has 0 radical (unpaired) electrons. The first-order chi connectivity index (χ1) is 60.2. The third-order valence-electron chi connectivity index (χ3n) is 23.5. The maximum Gasteiger partial charge on any atom is 0.494 e. The summed E-state index contributed by atoms with van der Waals surface area (Å²) in [5.74, 6) is 3.27. The topological polar surface area (TPSA) is 320 Å². The van der Waals surface area contributed by atoms with E-state index in [4.69, 9.17) is 87.7 Å². The minimum atomic E-state index is -0.331.